The highest BCUT2D eigenvalue weighted by Gasteiger charge is 2.32. The molecule has 2 heterocycles. The molecule has 0 bridgehead atoms. The van der Waals surface area contributed by atoms with E-state index in [9.17, 15) is 18.0 Å². The Morgan fingerprint density at radius 2 is 2.12 bits per heavy atom. The molecule has 0 saturated carbocycles. The summed E-state index contributed by atoms with van der Waals surface area (Å²) < 4.78 is 38.2. The van der Waals surface area contributed by atoms with Crippen molar-refractivity contribution < 1.29 is 22.9 Å². The number of aliphatic imine (C=N–C) groups is 1. The van der Waals surface area contributed by atoms with Crippen molar-refractivity contribution in [3.05, 3.63) is 54.0 Å². The van der Waals surface area contributed by atoms with Gasteiger partial charge in [0.25, 0.3) is 5.91 Å². The number of hydrazine groups is 1. The molecule has 1 aromatic carbocycles. The third-order valence-corrected chi connectivity index (χ3v) is 3.81. The van der Waals surface area contributed by atoms with Crippen molar-refractivity contribution in [3.8, 4) is 0 Å². The van der Waals surface area contributed by atoms with Crippen LogP contribution in [0.5, 0.6) is 0 Å². The van der Waals surface area contributed by atoms with E-state index in [1.807, 2.05) is 30.3 Å². The molecule has 1 amide bonds. The average Bonchev–Trinajstić information content (AvgIpc) is 2.97. The molecule has 9 heteroatoms. The van der Waals surface area contributed by atoms with Crippen molar-refractivity contribution in [2.24, 2.45) is 4.99 Å². The highest BCUT2D eigenvalue weighted by molar-refractivity contribution is 6.06. The Hall–Kier alpha value is -2.65. The molecule has 1 unspecified atom stereocenters. The van der Waals surface area contributed by atoms with Crippen molar-refractivity contribution in [1.29, 1.82) is 0 Å². The Labute approximate surface area is 142 Å². The van der Waals surface area contributed by atoms with Gasteiger partial charge in [0.15, 0.2) is 12.4 Å². The second-order valence-corrected chi connectivity index (χ2v) is 5.85. The fourth-order valence-electron chi connectivity index (χ4n) is 2.49. The summed E-state index contributed by atoms with van der Waals surface area (Å²) in [6, 6.07) is 4.51. The average molecular weight is 352 g/mol. The SMILES string of the molecule is CN(C)N1C=CC2=NC(C(=O)Nc3cccc(C(F)(F)F)c3)=C[NH+]2C1. The number of nitrogens with one attached hydrogen (secondary N) is 2. The van der Waals surface area contributed by atoms with E-state index < -0.39 is 17.6 Å². The largest absolute Gasteiger partial charge is 0.416 e. The van der Waals surface area contributed by atoms with Crippen molar-refractivity contribution in [1.82, 2.24) is 10.0 Å². The van der Waals surface area contributed by atoms with Gasteiger partial charge in [-0.3, -0.25) is 9.80 Å². The Morgan fingerprint density at radius 1 is 1.36 bits per heavy atom. The Bertz CT molecular complexity index is 782. The topological polar surface area (TPSA) is 52.4 Å². The third-order valence-electron chi connectivity index (χ3n) is 3.81. The lowest BCUT2D eigenvalue weighted by Crippen LogP contribution is -3.11. The quantitative estimate of drug-likeness (QED) is 0.855. The number of alkyl halides is 3. The molecule has 1 atom stereocenters. The number of benzene rings is 1. The van der Waals surface area contributed by atoms with E-state index in [2.05, 4.69) is 10.3 Å². The summed E-state index contributed by atoms with van der Waals surface area (Å²) in [5.74, 6) is 0.144. The summed E-state index contributed by atoms with van der Waals surface area (Å²) in [7, 11) is 3.79. The first-order valence-corrected chi connectivity index (χ1v) is 7.51. The van der Waals surface area contributed by atoms with Gasteiger partial charge in [0, 0.05) is 32.1 Å². The van der Waals surface area contributed by atoms with E-state index in [-0.39, 0.29) is 11.4 Å². The minimum absolute atomic E-state index is 0.0752. The standard InChI is InChI=1S/C16H16F3N5O/c1-22(2)24-7-6-14-21-13(9-23(14)10-24)15(25)20-12-5-3-4-11(8-12)16(17,18)19/h3-9H,10H2,1-2H3,(H,20,25)/p+1. The number of hydrogen-bond acceptors (Lipinski definition) is 4. The fraction of sp³-hybridized carbons (Fsp3) is 0.250. The molecule has 2 aliphatic heterocycles. The minimum Gasteiger partial charge on any atom is -0.320 e. The lowest BCUT2D eigenvalue weighted by atomic mass is 10.2. The van der Waals surface area contributed by atoms with Gasteiger partial charge in [0.05, 0.1) is 5.56 Å². The Kier molecular flexibility index (Phi) is 4.36. The zero-order valence-corrected chi connectivity index (χ0v) is 13.6. The maximum atomic E-state index is 12.7. The monoisotopic (exact) mass is 352 g/mol. The number of halogens is 3. The van der Waals surface area contributed by atoms with Crippen LogP contribution in [0.1, 0.15) is 5.56 Å². The maximum Gasteiger partial charge on any atom is 0.416 e. The molecule has 132 valence electrons. The number of carbonyl (C=O) groups excluding carboxylic acids is 1. The van der Waals surface area contributed by atoms with E-state index in [0.717, 1.165) is 17.0 Å². The zero-order chi connectivity index (χ0) is 18.2. The van der Waals surface area contributed by atoms with Gasteiger partial charge >= 0.3 is 6.18 Å². The molecule has 0 fully saturated rings. The number of hydrogen-bond donors (Lipinski definition) is 2. The first kappa shape index (κ1) is 17.2. The molecule has 1 aromatic rings. The first-order chi connectivity index (χ1) is 11.7. The first-order valence-electron chi connectivity index (χ1n) is 7.51. The van der Waals surface area contributed by atoms with Gasteiger partial charge in [-0.1, -0.05) is 6.07 Å². The summed E-state index contributed by atoms with van der Waals surface area (Å²) in [6.45, 7) is 0.572. The molecule has 25 heavy (non-hydrogen) atoms. The van der Waals surface area contributed by atoms with Crippen molar-refractivity contribution in [3.63, 3.8) is 0 Å². The fourth-order valence-corrected chi connectivity index (χ4v) is 2.49. The highest BCUT2D eigenvalue weighted by atomic mass is 19.4. The zero-order valence-electron chi connectivity index (χ0n) is 13.6. The van der Waals surface area contributed by atoms with Crippen LogP contribution in [0.25, 0.3) is 0 Å². The summed E-state index contributed by atoms with van der Waals surface area (Å²) >= 11 is 0. The highest BCUT2D eigenvalue weighted by Crippen LogP contribution is 2.30. The molecule has 2 N–H and O–H groups in total. The van der Waals surface area contributed by atoms with Gasteiger partial charge in [-0.2, -0.15) is 18.2 Å². The molecule has 0 aliphatic carbocycles. The summed E-state index contributed by atoms with van der Waals surface area (Å²) in [4.78, 5) is 17.4. The van der Waals surface area contributed by atoms with Crippen LogP contribution in [0.4, 0.5) is 18.9 Å². The number of amides is 1. The molecule has 0 radical (unpaired) electrons. The van der Waals surface area contributed by atoms with Crippen LogP contribution in [0.15, 0.2) is 53.4 Å². The second-order valence-electron chi connectivity index (χ2n) is 5.85. The van der Waals surface area contributed by atoms with Crippen LogP contribution < -0.4 is 10.2 Å². The maximum absolute atomic E-state index is 12.7. The molecular weight excluding hydrogens is 335 g/mol. The Morgan fingerprint density at radius 3 is 2.80 bits per heavy atom. The van der Waals surface area contributed by atoms with Crippen LogP contribution in [0.3, 0.4) is 0 Å². The van der Waals surface area contributed by atoms with Gasteiger partial charge in [-0.15, -0.1) is 0 Å². The number of quaternary nitrogens is 1. The van der Waals surface area contributed by atoms with Crippen molar-refractivity contribution >= 4 is 17.4 Å². The predicted molar refractivity (Wildman–Crippen MR) is 86.1 cm³/mol. The van der Waals surface area contributed by atoms with Crippen LogP contribution in [-0.4, -0.2) is 42.5 Å². The van der Waals surface area contributed by atoms with Gasteiger partial charge < -0.3 is 5.32 Å². The number of rotatable bonds is 3. The van der Waals surface area contributed by atoms with Crippen LogP contribution in [0, 0.1) is 0 Å². The van der Waals surface area contributed by atoms with Gasteiger partial charge in [-0.25, -0.2) is 9.91 Å². The Balaban J connectivity index is 1.73. The summed E-state index contributed by atoms with van der Waals surface area (Å²) in [5.41, 5.74) is -0.566. The van der Waals surface area contributed by atoms with Crippen LogP contribution in [-0.2, 0) is 11.0 Å². The molecule has 0 spiro atoms. The van der Waals surface area contributed by atoms with E-state index >= 15 is 0 Å². The van der Waals surface area contributed by atoms with Crippen molar-refractivity contribution in [2.75, 3.05) is 26.1 Å². The van der Waals surface area contributed by atoms with Crippen LogP contribution in [0.2, 0.25) is 0 Å². The molecular formula is C16H17F3N5O+. The number of fused-ring (bicyclic) bond motifs is 1. The van der Waals surface area contributed by atoms with Gasteiger partial charge in [0.2, 0.25) is 5.84 Å². The summed E-state index contributed by atoms with van der Waals surface area (Å²) in [5, 5.41) is 6.30. The lowest BCUT2D eigenvalue weighted by Gasteiger charge is -2.30. The molecule has 0 saturated heterocycles. The number of carbonyl (C=O) groups is 1. The van der Waals surface area contributed by atoms with Crippen LogP contribution >= 0.6 is 0 Å². The van der Waals surface area contributed by atoms with Crippen molar-refractivity contribution in [2.45, 2.75) is 6.18 Å². The number of anilines is 1. The van der Waals surface area contributed by atoms with Gasteiger partial charge in [-0.05, 0) is 18.2 Å². The van der Waals surface area contributed by atoms with E-state index in [4.69, 9.17) is 0 Å². The van der Waals surface area contributed by atoms with E-state index in [0.29, 0.717) is 12.5 Å². The number of amidine groups is 1. The van der Waals surface area contributed by atoms with E-state index in [1.165, 1.54) is 12.1 Å². The predicted octanol–water partition coefficient (Wildman–Crippen LogP) is 1.05. The normalized spacial score (nSPS) is 19.6. The van der Waals surface area contributed by atoms with Gasteiger partial charge in [0.1, 0.15) is 6.20 Å². The second kappa shape index (κ2) is 6.34. The third kappa shape index (κ3) is 3.72. The molecule has 3 rings (SSSR count). The summed E-state index contributed by atoms with van der Waals surface area (Å²) in [6.07, 6.45) is 0.834. The molecule has 6 nitrogen and oxygen atoms in total. The lowest BCUT2D eigenvalue weighted by molar-refractivity contribution is -0.762. The smallest absolute Gasteiger partial charge is 0.320 e. The molecule has 0 aromatic heterocycles. The van der Waals surface area contributed by atoms with E-state index in [1.54, 1.807) is 12.3 Å². The molecule has 2 aliphatic rings. The number of nitrogens with zero attached hydrogens (tertiary/aromatic N) is 3. The minimum atomic E-state index is -4.46.